The highest BCUT2D eigenvalue weighted by molar-refractivity contribution is 5.97. The van der Waals surface area contributed by atoms with Crippen LogP contribution in [0.15, 0.2) is 6.07 Å². The molecular formula is C9H6F2N2O4. The van der Waals surface area contributed by atoms with E-state index < -0.39 is 40.0 Å². The van der Waals surface area contributed by atoms with Crippen LogP contribution in [0.1, 0.15) is 6.92 Å². The molecular weight excluding hydrogens is 238 g/mol. The second-order valence-corrected chi connectivity index (χ2v) is 3.40. The van der Waals surface area contributed by atoms with E-state index in [0.29, 0.717) is 6.07 Å². The van der Waals surface area contributed by atoms with Crippen LogP contribution in [0, 0.1) is 21.7 Å². The highest BCUT2D eigenvalue weighted by atomic mass is 19.1. The van der Waals surface area contributed by atoms with Gasteiger partial charge in [-0.25, -0.2) is 0 Å². The zero-order chi connectivity index (χ0) is 12.7. The zero-order valence-corrected chi connectivity index (χ0v) is 8.49. The predicted molar refractivity (Wildman–Crippen MR) is 51.7 cm³/mol. The van der Waals surface area contributed by atoms with Crippen LogP contribution in [0.25, 0.3) is 0 Å². The average Bonchev–Trinajstić information content (AvgIpc) is 2.21. The van der Waals surface area contributed by atoms with Gasteiger partial charge < -0.3 is 10.1 Å². The average molecular weight is 244 g/mol. The van der Waals surface area contributed by atoms with Crippen molar-refractivity contribution in [3.63, 3.8) is 0 Å². The Morgan fingerprint density at radius 1 is 1.53 bits per heavy atom. The minimum atomic E-state index is -1.43. The van der Waals surface area contributed by atoms with Crippen LogP contribution in [0.2, 0.25) is 0 Å². The van der Waals surface area contributed by atoms with Gasteiger partial charge in [0.1, 0.15) is 0 Å². The van der Waals surface area contributed by atoms with E-state index >= 15 is 0 Å². The third-order valence-electron chi connectivity index (χ3n) is 2.25. The van der Waals surface area contributed by atoms with E-state index in [2.05, 4.69) is 5.32 Å². The molecule has 0 saturated heterocycles. The highest BCUT2D eigenvalue weighted by Gasteiger charge is 2.34. The number of nitro groups is 1. The van der Waals surface area contributed by atoms with Crippen LogP contribution in [0.5, 0.6) is 5.75 Å². The first-order chi connectivity index (χ1) is 7.91. The van der Waals surface area contributed by atoms with Crippen molar-refractivity contribution in [2.75, 3.05) is 5.32 Å². The molecule has 1 atom stereocenters. The molecule has 8 heteroatoms. The summed E-state index contributed by atoms with van der Waals surface area (Å²) in [6.45, 7) is 1.34. The van der Waals surface area contributed by atoms with Gasteiger partial charge in [0.05, 0.1) is 10.6 Å². The van der Waals surface area contributed by atoms with Gasteiger partial charge in [0.25, 0.3) is 5.91 Å². The summed E-state index contributed by atoms with van der Waals surface area (Å²) < 4.78 is 31.7. The lowest BCUT2D eigenvalue weighted by Gasteiger charge is -2.23. The first kappa shape index (κ1) is 11.2. The Morgan fingerprint density at radius 2 is 2.18 bits per heavy atom. The number of nitrogens with zero attached hydrogens (tertiary/aromatic N) is 1. The van der Waals surface area contributed by atoms with Gasteiger partial charge in [-0.15, -0.1) is 0 Å². The number of benzene rings is 1. The number of anilines is 1. The van der Waals surface area contributed by atoms with Crippen LogP contribution < -0.4 is 10.1 Å². The minimum absolute atomic E-state index is 0.256. The maximum absolute atomic E-state index is 13.6. The fraction of sp³-hybridized carbons (Fsp3) is 0.222. The van der Waals surface area contributed by atoms with Gasteiger partial charge in [-0.3, -0.25) is 14.9 Å². The molecule has 0 aromatic heterocycles. The molecule has 2 rings (SSSR count). The molecule has 17 heavy (non-hydrogen) atoms. The Hall–Kier alpha value is -2.25. The first-order valence-corrected chi connectivity index (χ1v) is 4.55. The number of hydrogen-bond acceptors (Lipinski definition) is 4. The molecule has 1 heterocycles. The Kier molecular flexibility index (Phi) is 2.41. The first-order valence-electron chi connectivity index (χ1n) is 4.55. The SMILES string of the molecule is C[C@H]1Oc2c(cc(F)c([N+](=O)[O-])c2F)NC1=O. The Labute approximate surface area is 93.3 Å². The molecule has 90 valence electrons. The van der Waals surface area contributed by atoms with Crippen molar-refractivity contribution >= 4 is 17.3 Å². The van der Waals surface area contributed by atoms with E-state index in [1.807, 2.05) is 0 Å². The van der Waals surface area contributed by atoms with Gasteiger partial charge in [-0.05, 0) is 6.92 Å². The predicted octanol–water partition coefficient (Wildman–Crippen LogP) is 1.59. The fourth-order valence-corrected chi connectivity index (χ4v) is 1.43. The molecule has 0 fully saturated rings. The van der Waals surface area contributed by atoms with Crippen LogP contribution in [0.4, 0.5) is 20.2 Å². The van der Waals surface area contributed by atoms with E-state index in [9.17, 15) is 23.7 Å². The van der Waals surface area contributed by atoms with Gasteiger partial charge in [-0.1, -0.05) is 0 Å². The van der Waals surface area contributed by atoms with E-state index in [-0.39, 0.29) is 5.69 Å². The van der Waals surface area contributed by atoms with Crippen molar-refractivity contribution in [1.82, 2.24) is 0 Å². The number of carbonyl (C=O) groups excluding carboxylic acids is 1. The number of amides is 1. The number of hydrogen-bond donors (Lipinski definition) is 1. The lowest BCUT2D eigenvalue weighted by Crippen LogP contribution is -2.35. The molecule has 1 aromatic rings. The summed E-state index contributed by atoms with van der Waals surface area (Å²) in [5.74, 6) is -3.91. The van der Waals surface area contributed by atoms with Crippen LogP contribution in [0.3, 0.4) is 0 Å². The number of carbonyl (C=O) groups is 1. The standard InChI is InChI=1S/C9H6F2N2O4/c1-3-9(14)12-5-2-4(10)7(13(15)16)6(11)8(5)17-3/h2-3H,1H3,(H,12,14)/t3-/m1/s1. The van der Waals surface area contributed by atoms with E-state index in [1.165, 1.54) is 6.92 Å². The normalized spacial score (nSPS) is 18.1. The molecule has 0 spiro atoms. The summed E-state index contributed by atoms with van der Waals surface area (Å²) in [7, 11) is 0. The maximum Gasteiger partial charge on any atom is 0.344 e. The maximum atomic E-state index is 13.6. The number of rotatable bonds is 1. The van der Waals surface area contributed by atoms with Gasteiger partial charge in [0.15, 0.2) is 11.9 Å². The molecule has 0 radical (unpaired) electrons. The summed E-state index contributed by atoms with van der Waals surface area (Å²) >= 11 is 0. The quantitative estimate of drug-likeness (QED) is 0.600. The number of fused-ring (bicyclic) bond motifs is 1. The van der Waals surface area contributed by atoms with Gasteiger partial charge in [0.2, 0.25) is 11.6 Å². The molecule has 0 bridgehead atoms. The molecule has 0 saturated carbocycles. The summed E-state index contributed by atoms with van der Waals surface area (Å²) in [5, 5.41) is 12.6. The third-order valence-corrected chi connectivity index (χ3v) is 2.25. The van der Waals surface area contributed by atoms with Crippen molar-refractivity contribution in [2.24, 2.45) is 0 Å². The van der Waals surface area contributed by atoms with Crippen molar-refractivity contribution in [1.29, 1.82) is 0 Å². The second-order valence-electron chi connectivity index (χ2n) is 3.40. The molecule has 1 N–H and O–H groups in total. The molecule has 1 amide bonds. The fourth-order valence-electron chi connectivity index (χ4n) is 1.43. The van der Waals surface area contributed by atoms with Gasteiger partial charge in [-0.2, -0.15) is 8.78 Å². The van der Waals surface area contributed by atoms with E-state index in [4.69, 9.17) is 4.74 Å². The monoisotopic (exact) mass is 244 g/mol. The number of nitrogens with one attached hydrogen (secondary N) is 1. The van der Waals surface area contributed by atoms with Crippen molar-refractivity contribution < 1.29 is 23.2 Å². The Bertz CT molecular complexity index is 532. The summed E-state index contributed by atoms with van der Waals surface area (Å²) in [6, 6.07) is 0.653. The zero-order valence-electron chi connectivity index (χ0n) is 8.49. The number of ether oxygens (including phenoxy) is 1. The van der Waals surface area contributed by atoms with Crippen molar-refractivity contribution in [2.45, 2.75) is 13.0 Å². The van der Waals surface area contributed by atoms with Gasteiger partial charge >= 0.3 is 5.69 Å². The van der Waals surface area contributed by atoms with E-state index in [0.717, 1.165) is 0 Å². The minimum Gasteiger partial charge on any atom is -0.475 e. The third kappa shape index (κ3) is 1.67. The molecule has 0 aliphatic carbocycles. The molecule has 6 nitrogen and oxygen atoms in total. The summed E-state index contributed by atoms with van der Waals surface area (Å²) in [5.41, 5.74) is -1.55. The lowest BCUT2D eigenvalue weighted by atomic mass is 10.2. The van der Waals surface area contributed by atoms with Crippen molar-refractivity contribution in [3.8, 4) is 5.75 Å². The van der Waals surface area contributed by atoms with Crippen LogP contribution in [-0.2, 0) is 4.79 Å². The topological polar surface area (TPSA) is 81.5 Å². The Morgan fingerprint density at radius 3 is 2.76 bits per heavy atom. The van der Waals surface area contributed by atoms with Crippen molar-refractivity contribution in [3.05, 3.63) is 27.8 Å². The lowest BCUT2D eigenvalue weighted by molar-refractivity contribution is -0.390. The van der Waals surface area contributed by atoms with Crippen LogP contribution in [-0.4, -0.2) is 16.9 Å². The molecule has 1 aliphatic rings. The highest BCUT2D eigenvalue weighted by Crippen LogP contribution is 2.39. The number of nitro benzene ring substituents is 1. The van der Waals surface area contributed by atoms with E-state index in [1.54, 1.807) is 0 Å². The summed E-state index contributed by atoms with van der Waals surface area (Å²) in [6.07, 6.45) is -0.998. The number of halogens is 2. The van der Waals surface area contributed by atoms with Crippen LogP contribution >= 0.6 is 0 Å². The second kappa shape index (κ2) is 3.65. The van der Waals surface area contributed by atoms with Gasteiger partial charge in [0, 0.05) is 6.07 Å². The smallest absolute Gasteiger partial charge is 0.344 e. The summed E-state index contributed by atoms with van der Waals surface area (Å²) in [4.78, 5) is 20.5. The molecule has 0 unspecified atom stereocenters. The molecule has 1 aliphatic heterocycles. The largest absolute Gasteiger partial charge is 0.475 e. The molecule has 1 aromatic carbocycles. The Balaban J connectivity index is 2.63.